The summed E-state index contributed by atoms with van der Waals surface area (Å²) in [6.07, 6.45) is 0.707. The minimum atomic E-state index is -1.32. The second-order valence-corrected chi connectivity index (χ2v) is 11.0. The molecule has 0 aliphatic carbocycles. The number of aryl methyl sites for hydroxylation is 1. The third-order valence-electron chi connectivity index (χ3n) is 6.80. The van der Waals surface area contributed by atoms with Gasteiger partial charge in [-0.1, -0.05) is 12.1 Å². The largest absolute Gasteiger partial charge is 0.493 e. The molecular weight excluding hydrogens is 540 g/mol. The van der Waals surface area contributed by atoms with Crippen molar-refractivity contribution in [2.75, 3.05) is 11.9 Å². The molecular formula is C31H30N4O5S. The van der Waals surface area contributed by atoms with Crippen LogP contribution in [0.5, 0.6) is 5.75 Å². The number of benzene rings is 2. The van der Waals surface area contributed by atoms with Crippen LogP contribution in [0.2, 0.25) is 0 Å². The van der Waals surface area contributed by atoms with Crippen molar-refractivity contribution < 1.29 is 24.2 Å². The van der Waals surface area contributed by atoms with E-state index in [1.807, 2.05) is 30.5 Å². The maximum absolute atomic E-state index is 13.9. The fourth-order valence-electron chi connectivity index (χ4n) is 4.81. The Morgan fingerprint density at radius 2 is 1.85 bits per heavy atom. The number of pyridine rings is 1. The van der Waals surface area contributed by atoms with Gasteiger partial charge in [0.25, 0.3) is 11.8 Å². The number of ether oxygens (including phenoxy) is 1. The molecule has 10 heteroatoms. The van der Waals surface area contributed by atoms with Gasteiger partial charge in [-0.05, 0) is 79.2 Å². The molecule has 0 saturated heterocycles. The van der Waals surface area contributed by atoms with Gasteiger partial charge < -0.3 is 26.2 Å². The van der Waals surface area contributed by atoms with E-state index in [4.69, 9.17) is 10.5 Å². The molecule has 0 fully saturated rings. The highest BCUT2D eigenvalue weighted by Gasteiger charge is 2.27. The summed E-state index contributed by atoms with van der Waals surface area (Å²) in [5.74, 6) is -1.69. The van der Waals surface area contributed by atoms with E-state index in [0.29, 0.717) is 36.6 Å². The number of thiophene rings is 1. The first-order valence-electron chi connectivity index (χ1n) is 13.2. The monoisotopic (exact) mass is 570 g/mol. The summed E-state index contributed by atoms with van der Waals surface area (Å²) < 4.78 is 6.09. The average molecular weight is 571 g/mol. The molecule has 0 bridgehead atoms. The highest BCUT2D eigenvalue weighted by atomic mass is 32.1. The van der Waals surface area contributed by atoms with Crippen molar-refractivity contribution in [1.29, 1.82) is 0 Å². The van der Waals surface area contributed by atoms with Gasteiger partial charge in [-0.2, -0.15) is 0 Å². The number of amides is 2. The average Bonchev–Trinajstić information content (AvgIpc) is 3.34. The van der Waals surface area contributed by atoms with Crippen molar-refractivity contribution in [3.05, 3.63) is 87.6 Å². The van der Waals surface area contributed by atoms with Crippen molar-refractivity contribution in [3.8, 4) is 27.3 Å². The molecule has 2 amide bonds. The number of nitrogens with zero attached hydrogens (tertiary/aromatic N) is 1. The molecule has 41 heavy (non-hydrogen) atoms. The Kier molecular flexibility index (Phi) is 7.87. The topological polar surface area (TPSA) is 144 Å². The second-order valence-electron chi connectivity index (χ2n) is 10.1. The molecule has 2 aromatic heterocycles. The number of nitrogens with two attached hydrogens (primary N) is 1. The number of aromatic carboxylic acids is 1. The number of anilines is 1. The molecule has 0 atom stereocenters. The lowest BCUT2D eigenvalue weighted by Crippen LogP contribution is -2.31. The highest BCUT2D eigenvalue weighted by molar-refractivity contribution is 7.13. The van der Waals surface area contributed by atoms with E-state index >= 15 is 0 Å². The van der Waals surface area contributed by atoms with Gasteiger partial charge in [-0.3, -0.25) is 9.59 Å². The van der Waals surface area contributed by atoms with Crippen LogP contribution in [-0.2, 0) is 13.0 Å². The highest BCUT2D eigenvalue weighted by Crippen LogP contribution is 2.43. The summed E-state index contributed by atoms with van der Waals surface area (Å²) in [6.45, 7) is 6.30. The van der Waals surface area contributed by atoms with Crippen LogP contribution in [0.15, 0.2) is 53.9 Å². The summed E-state index contributed by atoms with van der Waals surface area (Å²) >= 11 is 1.56. The van der Waals surface area contributed by atoms with E-state index < -0.39 is 17.8 Å². The number of hydrogen-bond donors (Lipinski definition) is 4. The number of carbonyl (C=O) groups excluding carboxylic acids is 2. The summed E-state index contributed by atoms with van der Waals surface area (Å²) in [5, 5.41) is 17.8. The summed E-state index contributed by atoms with van der Waals surface area (Å²) in [7, 11) is 0. The SMILES string of the molecule is Cc1cc(CN)ccc1NC(=O)c1cc2c(cc1-c1ccc(C(=O)NC(C)C)nc1C(=O)O)OCCc1ccsc1-2. The number of fused-ring (bicyclic) bond motifs is 3. The fourth-order valence-corrected chi connectivity index (χ4v) is 5.79. The lowest BCUT2D eigenvalue weighted by atomic mass is 9.93. The van der Waals surface area contributed by atoms with Crippen LogP contribution in [-0.4, -0.2) is 40.5 Å². The molecule has 5 N–H and O–H groups in total. The van der Waals surface area contributed by atoms with Crippen molar-refractivity contribution in [2.24, 2.45) is 5.73 Å². The van der Waals surface area contributed by atoms with E-state index in [-0.39, 0.29) is 28.6 Å². The Bertz CT molecular complexity index is 1680. The summed E-state index contributed by atoms with van der Waals surface area (Å²) in [6, 6.07) is 13.9. The zero-order chi connectivity index (χ0) is 29.3. The van der Waals surface area contributed by atoms with Crippen molar-refractivity contribution in [3.63, 3.8) is 0 Å². The third-order valence-corrected chi connectivity index (χ3v) is 7.79. The van der Waals surface area contributed by atoms with E-state index in [9.17, 15) is 19.5 Å². The van der Waals surface area contributed by atoms with E-state index in [1.165, 1.54) is 12.1 Å². The maximum Gasteiger partial charge on any atom is 0.355 e. The molecule has 0 spiro atoms. The molecule has 0 saturated carbocycles. The first-order chi connectivity index (χ1) is 19.7. The van der Waals surface area contributed by atoms with E-state index in [0.717, 1.165) is 27.1 Å². The molecule has 2 aromatic carbocycles. The number of carboxylic acid groups (broad SMARTS) is 1. The van der Waals surface area contributed by atoms with Crippen LogP contribution >= 0.6 is 11.3 Å². The Labute approximate surface area is 241 Å². The summed E-state index contributed by atoms with van der Waals surface area (Å²) in [4.78, 5) is 44.1. The quantitative estimate of drug-likeness (QED) is 0.237. The smallest absolute Gasteiger partial charge is 0.355 e. The zero-order valence-corrected chi connectivity index (χ0v) is 23.7. The first-order valence-corrected chi connectivity index (χ1v) is 14.1. The third kappa shape index (κ3) is 5.70. The Morgan fingerprint density at radius 3 is 2.56 bits per heavy atom. The van der Waals surface area contributed by atoms with Crippen molar-refractivity contribution >= 4 is 34.8 Å². The fraction of sp³-hybridized carbons (Fsp3) is 0.226. The molecule has 3 heterocycles. The molecule has 1 aliphatic rings. The Hall–Kier alpha value is -4.54. The van der Waals surface area contributed by atoms with Crippen LogP contribution in [0.25, 0.3) is 21.6 Å². The van der Waals surface area contributed by atoms with Crippen molar-refractivity contribution in [2.45, 2.75) is 39.8 Å². The number of aromatic nitrogens is 1. The number of rotatable bonds is 7. The molecule has 210 valence electrons. The second kappa shape index (κ2) is 11.5. The van der Waals surface area contributed by atoms with Crippen LogP contribution in [0.4, 0.5) is 5.69 Å². The molecule has 5 rings (SSSR count). The van der Waals surface area contributed by atoms with Gasteiger partial charge in [-0.25, -0.2) is 9.78 Å². The molecule has 0 unspecified atom stereocenters. The predicted molar refractivity (Wildman–Crippen MR) is 159 cm³/mol. The van der Waals surface area contributed by atoms with Crippen LogP contribution < -0.4 is 21.1 Å². The van der Waals surface area contributed by atoms with Gasteiger partial charge in [-0.15, -0.1) is 11.3 Å². The summed E-state index contributed by atoms with van der Waals surface area (Å²) in [5.41, 5.74) is 10.4. The molecule has 1 aliphatic heterocycles. The Morgan fingerprint density at radius 1 is 1.05 bits per heavy atom. The van der Waals surface area contributed by atoms with Gasteiger partial charge in [0.05, 0.1) is 6.61 Å². The van der Waals surface area contributed by atoms with Gasteiger partial charge in [0.15, 0.2) is 5.69 Å². The standard InChI is InChI=1S/C31H30N4O5S/c1-16(2)33-30(37)25-7-5-20(27(34-25)31(38)39)21-14-26-23(28-19(8-10-40-26)9-11-41-28)13-22(21)29(36)35-24-6-4-18(15-32)12-17(24)3/h4-7,9,11-14,16H,8,10,15,32H2,1-3H3,(H,33,37)(H,35,36)(H,38,39). The molecule has 9 nitrogen and oxygen atoms in total. The van der Waals surface area contributed by atoms with Crippen molar-refractivity contribution in [1.82, 2.24) is 10.3 Å². The number of nitrogens with one attached hydrogen (secondary N) is 2. The molecule has 0 radical (unpaired) electrons. The minimum absolute atomic E-state index is 0.0318. The van der Waals surface area contributed by atoms with E-state index in [1.54, 1.807) is 43.4 Å². The van der Waals surface area contributed by atoms with Gasteiger partial charge in [0, 0.05) is 51.8 Å². The first kappa shape index (κ1) is 28.0. The lowest BCUT2D eigenvalue weighted by molar-refractivity contribution is 0.0691. The predicted octanol–water partition coefficient (Wildman–Crippen LogP) is 5.27. The van der Waals surface area contributed by atoms with Crippen LogP contribution in [0, 0.1) is 6.92 Å². The van der Waals surface area contributed by atoms with E-state index in [2.05, 4.69) is 15.6 Å². The number of hydrogen-bond acceptors (Lipinski definition) is 7. The zero-order valence-electron chi connectivity index (χ0n) is 22.9. The number of carbonyl (C=O) groups is 3. The maximum atomic E-state index is 13.9. The Balaban J connectivity index is 1.68. The number of carboxylic acids is 1. The van der Waals surface area contributed by atoms with Gasteiger partial charge >= 0.3 is 5.97 Å². The van der Waals surface area contributed by atoms with Gasteiger partial charge in [0.2, 0.25) is 0 Å². The van der Waals surface area contributed by atoms with Gasteiger partial charge in [0.1, 0.15) is 11.4 Å². The lowest BCUT2D eigenvalue weighted by Gasteiger charge is -2.18. The minimum Gasteiger partial charge on any atom is -0.493 e. The molecule has 4 aromatic rings. The van der Waals surface area contributed by atoms with Crippen LogP contribution in [0.1, 0.15) is 61.9 Å². The van der Waals surface area contributed by atoms with Crippen LogP contribution in [0.3, 0.4) is 0 Å². The normalized spacial score (nSPS) is 12.1.